The average molecular weight is 335 g/mol. The molecule has 0 saturated carbocycles. The maximum absolute atomic E-state index is 12.5. The Labute approximate surface area is 136 Å². The van der Waals surface area contributed by atoms with E-state index in [0.717, 1.165) is 42.9 Å². The molecule has 0 bridgehead atoms. The molecular weight excluding hydrogens is 314 g/mol. The van der Waals surface area contributed by atoms with Crippen molar-refractivity contribution < 1.29 is 8.42 Å². The predicted molar refractivity (Wildman–Crippen MR) is 86.1 cm³/mol. The lowest BCUT2D eigenvalue weighted by Gasteiger charge is -2.30. The van der Waals surface area contributed by atoms with Crippen LogP contribution in [0.15, 0.2) is 29.3 Å². The third kappa shape index (κ3) is 3.01. The molecule has 3 rings (SSSR count). The summed E-state index contributed by atoms with van der Waals surface area (Å²) >= 11 is 0. The van der Waals surface area contributed by atoms with Crippen molar-refractivity contribution in [2.45, 2.75) is 24.4 Å². The minimum Gasteiger partial charge on any atom is -0.293 e. The van der Waals surface area contributed by atoms with Gasteiger partial charge in [-0.25, -0.2) is 12.7 Å². The number of hydrogen-bond acceptors (Lipinski definition) is 5. The van der Waals surface area contributed by atoms with Crippen molar-refractivity contribution in [1.82, 2.24) is 24.2 Å². The lowest BCUT2D eigenvalue weighted by atomic mass is 9.99. The highest BCUT2D eigenvalue weighted by atomic mass is 32.2. The van der Waals surface area contributed by atoms with Gasteiger partial charge in [0, 0.05) is 40.8 Å². The van der Waals surface area contributed by atoms with E-state index in [1.165, 1.54) is 4.31 Å². The molecule has 0 radical (unpaired) electrons. The zero-order valence-corrected chi connectivity index (χ0v) is 14.4. The van der Waals surface area contributed by atoms with Crippen LogP contribution in [0.4, 0.5) is 0 Å². The molecule has 1 aromatic heterocycles. The van der Waals surface area contributed by atoms with Gasteiger partial charge in [0.15, 0.2) is 0 Å². The monoisotopic (exact) mass is 335 g/mol. The van der Waals surface area contributed by atoms with E-state index < -0.39 is 10.0 Å². The molecule has 0 saturated heterocycles. The lowest BCUT2D eigenvalue weighted by molar-refractivity contribution is 0.238. The molecule has 0 amide bonds. The van der Waals surface area contributed by atoms with Gasteiger partial charge in [0.05, 0.1) is 16.8 Å². The Morgan fingerprint density at radius 1 is 1.30 bits per heavy atom. The van der Waals surface area contributed by atoms with Crippen LogP contribution in [0.5, 0.6) is 0 Å². The minimum absolute atomic E-state index is 0.432. The van der Waals surface area contributed by atoms with Crippen molar-refractivity contribution in [2.75, 3.05) is 20.6 Å². The molecule has 124 valence electrons. The van der Waals surface area contributed by atoms with Gasteiger partial charge >= 0.3 is 0 Å². The van der Waals surface area contributed by atoms with Crippen molar-refractivity contribution in [3.8, 4) is 0 Å². The van der Waals surface area contributed by atoms with Gasteiger partial charge in [0.1, 0.15) is 0 Å². The Morgan fingerprint density at radius 3 is 2.74 bits per heavy atom. The van der Waals surface area contributed by atoms with Gasteiger partial charge in [0.25, 0.3) is 0 Å². The molecule has 0 unspecified atom stereocenters. The summed E-state index contributed by atoms with van der Waals surface area (Å²) in [5, 5.41) is 7.85. The maximum atomic E-state index is 12.5. The number of fused-ring (bicyclic) bond motifs is 1. The van der Waals surface area contributed by atoms with Gasteiger partial charge in [-0.05, 0) is 23.6 Å². The van der Waals surface area contributed by atoms with Crippen LogP contribution in [0.1, 0.15) is 16.8 Å². The molecule has 7 nitrogen and oxygen atoms in total. The highest BCUT2D eigenvalue weighted by molar-refractivity contribution is 7.89. The number of rotatable bonds is 4. The van der Waals surface area contributed by atoms with E-state index in [0.29, 0.717) is 4.90 Å². The SMILES string of the molecule is CN(C)S(=O)(=O)c1cccc2c1CCN(Cc1cnnn1C)C2. The highest BCUT2D eigenvalue weighted by Gasteiger charge is 2.26. The van der Waals surface area contributed by atoms with E-state index in [1.807, 2.05) is 19.2 Å². The summed E-state index contributed by atoms with van der Waals surface area (Å²) in [5.74, 6) is 0. The number of sulfonamides is 1. The molecule has 2 aromatic rings. The first-order chi connectivity index (χ1) is 10.9. The van der Waals surface area contributed by atoms with Crippen LogP contribution >= 0.6 is 0 Å². The Balaban J connectivity index is 1.87. The zero-order chi connectivity index (χ0) is 16.6. The quantitative estimate of drug-likeness (QED) is 0.819. The van der Waals surface area contributed by atoms with Crippen molar-refractivity contribution in [3.05, 3.63) is 41.2 Å². The first-order valence-electron chi connectivity index (χ1n) is 7.49. The summed E-state index contributed by atoms with van der Waals surface area (Å²) in [6.45, 7) is 2.31. The standard InChI is InChI=1S/C15H21N5O2S/c1-18(2)23(21,22)15-6-4-5-12-10-20(8-7-14(12)15)11-13-9-16-17-19(13)3/h4-6,9H,7-8,10-11H2,1-3H3. The Kier molecular flexibility index (Phi) is 4.22. The second-order valence-corrected chi connectivity index (χ2v) is 8.11. The molecule has 0 atom stereocenters. The fraction of sp³-hybridized carbons (Fsp3) is 0.467. The Hall–Kier alpha value is -1.77. The van der Waals surface area contributed by atoms with E-state index >= 15 is 0 Å². The molecular formula is C15H21N5O2S. The summed E-state index contributed by atoms with van der Waals surface area (Å²) in [5.41, 5.74) is 3.07. The van der Waals surface area contributed by atoms with Crippen LogP contribution in [-0.4, -0.2) is 53.3 Å². The molecule has 23 heavy (non-hydrogen) atoms. The van der Waals surface area contributed by atoms with Gasteiger partial charge in [-0.3, -0.25) is 9.58 Å². The van der Waals surface area contributed by atoms with Crippen molar-refractivity contribution in [3.63, 3.8) is 0 Å². The Morgan fingerprint density at radius 2 is 2.09 bits per heavy atom. The normalized spacial score (nSPS) is 15.8. The molecule has 2 heterocycles. The summed E-state index contributed by atoms with van der Waals surface area (Å²) in [6.07, 6.45) is 2.49. The second-order valence-electron chi connectivity index (χ2n) is 5.99. The third-order valence-corrected chi connectivity index (χ3v) is 6.15. The third-order valence-electron chi connectivity index (χ3n) is 4.25. The molecule has 8 heteroatoms. The van der Waals surface area contributed by atoms with Crippen LogP contribution < -0.4 is 0 Å². The molecule has 0 fully saturated rings. The van der Waals surface area contributed by atoms with Crippen LogP contribution in [0, 0.1) is 0 Å². The van der Waals surface area contributed by atoms with Crippen molar-refractivity contribution in [2.24, 2.45) is 7.05 Å². The highest BCUT2D eigenvalue weighted by Crippen LogP contribution is 2.27. The molecule has 1 aliphatic rings. The summed E-state index contributed by atoms with van der Waals surface area (Å²) in [7, 11) is 1.61. The van der Waals surface area contributed by atoms with Gasteiger partial charge < -0.3 is 0 Å². The number of aryl methyl sites for hydroxylation is 1. The molecule has 1 aliphatic heterocycles. The number of nitrogens with zero attached hydrogens (tertiary/aromatic N) is 5. The number of benzene rings is 1. The molecule has 0 aliphatic carbocycles. The van der Waals surface area contributed by atoms with E-state index in [2.05, 4.69) is 15.2 Å². The van der Waals surface area contributed by atoms with Gasteiger partial charge in [0.2, 0.25) is 10.0 Å². The smallest absolute Gasteiger partial charge is 0.242 e. The fourth-order valence-electron chi connectivity index (χ4n) is 2.89. The van der Waals surface area contributed by atoms with Crippen molar-refractivity contribution in [1.29, 1.82) is 0 Å². The van der Waals surface area contributed by atoms with E-state index in [-0.39, 0.29) is 0 Å². The second kappa shape index (κ2) is 6.03. The molecule has 0 spiro atoms. The summed E-state index contributed by atoms with van der Waals surface area (Å²) < 4.78 is 28.0. The van der Waals surface area contributed by atoms with Crippen LogP contribution in [0.2, 0.25) is 0 Å². The lowest BCUT2D eigenvalue weighted by Crippen LogP contribution is -2.32. The minimum atomic E-state index is -3.40. The van der Waals surface area contributed by atoms with E-state index in [1.54, 1.807) is 31.0 Å². The summed E-state index contributed by atoms with van der Waals surface area (Å²) in [6, 6.07) is 5.54. The largest absolute Gasteiger partial charge is 0.293 e. The summed E-state index contributed by atoms with van der Waals surface area (Å²) in [4.78, 5) is 2.72. The number of aromatic nitrogens is 3. The first kappa shape index (κ1) is 16.1. The zero-order valence-electron chi connectivity index (χ0n) is 13.6. The van der Waals surface area contributed by atoms with E-state index in [4.69, 9.17) is 0 Å². The Bertz CT molecular complexity index is 813. The average Bonchev–Trinajstić information content (AvgIpc) is 2.91. The molecule has 1 aromatic carbocycles. The van der Waals surface area contributed by atoms with Gasteiger partial charge in [-0.2, -0.15) is 0 Å². The predicted octanol–water partition coefficient (Wildman–Crippen LogP) is 0.624. The van der Waals surface area contributed by atoms with Crippen LogP contribution in [0.25, 0.3) is 0 Å². The molecule has 0 N–H and O–H groups in total. The van der Waals surface area contributed by atoms with Crippen LogP contribution in [0.3, 0.4) is 0 Å². The maximum Gasteiger partial charge on any atom is 0.242 e. The van der Waals surface area contributed by atoms with Gasteiger partial charge in [-0.1, -0.05) is 17.3 Å². The topological polar surface area (TPSA) is 71.3 Å². The fourth-order valence-corrected chi connectivity index (χ4v) is 4.08. The van der Waals surface area contributed by atoms with E-state index in [9.17, 15) is 8.42 Å². The number of hydrogen-bond donors (Lipinski definition) is 0. The van der Waals surface area contributed by atoms with Crippen molar-refractivity contribution >= 4 is 10.0 Å². The first-order valence-corrected chi connectivity index (χ1v) is 8.93. The van der Waals surface area contributed by atoms with Gasteiger partial charge in [-0.15, -0.1) is 5.10 Å². The van der Waals surface area contributed by atoms with Crippen LogP contribution in [-0.2, 0) is 36.6 Å².